The molecule has 1 saturated heterocycles. The first-order chi connectivity index (χ1) is 12.5. The zero-order valence-corrected chi connectivity index (χ0v) is 14.1. The number of ether oxygens (including phenoxy) is 1. The molecule has 2 aromatic rings. The molecule has 7 heteroatoms. The van der Waals surface area contributed by atoms with Crippen molar-refractivity contribution in [1.82, 2.24) is 4.90 Å². The fourth-order valence-electron chi connectivity index (χ4n) is 4.20. The summed E-state index contributed by atoms with van der Waals surface area (Å²) in [6.45, 7) is 0.549. The topological polar surface area (TPSA) is 97.1 Å². The molecule has 2 aliphatic rings. The fraction of sp³-hybridized carbons (Fsp3) is 0.421. The number of hydrogen-bond acceptors (Lipinski definition) is 5. The molecule has 2 heterocycles. The Morgan fingerprint density at radius 2 is 2.12 bits per heavy atom. The molecule has 1 aromatic carbocycles. The molecule has 0 unspecified atom stereocenters. The maximum absolute atomic E-state index is 12.5. The van der Waals surface area contributed by atoms with Crippen LogP contribution in [-0.2, 0) is 9.59 Å². The van der Waals surface area contributed by atoms with E-state index in [0.717, 1.165) is 18.2 Å². The van der Waals surface area contributed by atoms with Crippen LogP contribution in [-0.4, -0.2) is 41.6 Å². The first-order valence-electron chi connectivity index (χ1n) is 8.66. The van der Waals surface area contributed by atoms with Crippen molar-refractivity contribution >= 4 is 22.8 Å². The molecule has 2 fully saturated rings. The highest BCUT2D eigenvalue weighted by Gasteiger charge is 2.55. The normalized spacial score (nSPS) is 24.6. The van der Waals surface area contributed by atoms with Gasteiger partial charge < -0.3 is 19.2 Å². The summed E-state index contributed by atoms with van der Waals surface area (Å²) < 4.78 is 10.6. The number of carbonyl (C=O) groups is 2. The van der Waals surface area contributed by atoms with Crippen LogP contribution in [0.3, 0.4) is 0 Å². The highest BCUT2D eigenvalue weighted by Crippen LogP contribution is 2.48. The van der Waals surface area contributed by atoms with Gasteiger partial charge in [-0.2, -0.15) is 0 Å². The molecule has 1 amide bonds. The average molecular weight is 357 g/mol. The molecular formula is C19H19NO6. The third kappa shape index (κ3) is 2.73. The fourth-order valence-corrected chi connectivity index (χ4v) is 4.20. The van der Waals surface area contributed by atoms with Crippen molar-refractivity contribution in [3.8, 4) is 5.75 Å². The Kier molecular flexibility index (Phi) is 3.94. The SMILES string of the molecule is O=C(COc1ccc2ccc(=O)oc2c1)N1C[C@@H]2CCC[C@@]2(C(=O)O)C1. The first-order valence-corrected chi connectivity index (χ1v) is 8.66. The van der Waals surface area contributed by atoms with Gasteiger partial charge in [0.05, 0.1) is 5.41 Å². The number of carbonyl (C=O) groups excluding carboxylic acids is 1. The lowest BCUT2D eigenvalue weighted by Crippen LogP contribution is -2.38. The number of nitrogens with zero attached hydrogens (tertiary/aromatic N) is 1. The van der Waals surface area contributed by atoms with Gasteiger partial charge >= 0.3 is 11.6 Å². The number of benzene rings is 1. The van der Waals surface area contributed by atoms with Crippen molar-refractivity contribution < 1.29 is 23.8 Å². The molecule has 0 radical (unpaired) electrons. The molecule has 2 atom stereocenters. The number of amides is 1. The molecule has 0 bridgehead atoms. The van der Waals surface area contributed by atoms with Gasteiger partial charge in [0.25, 0.3) is 5.91 Å². The second-order valence-electron chi connectivity index (χ2n) is 7.07. The van der Waals surface area contributed by atoms with Gasteiger partial charge in [0.1, 0.15) is 11.3 Å². The summed E-state index contributed by atoms with van der Waals surface area (Å²) in [4.78, 5) is 37.1. The lowest BCUT2D eigenvalue weighted by Gasteiger charge is -2.23. The van der Waals surface area contributed by atoms with E-state index in [1.807, 2.05) is 0 Å². The second-order valence-corrected chi connectivity index (χ2v) is 7.07. The molecule has 1 aromatic heterocycles. The molecule has 4 rings (SSSR count). The van der Waals surface area contributed by atoms with Crippen LogP contribution in [0.25, 0.3) is 11.0 Å². The number of hydrogen-bond donors (Lipinski definition) is 1. The van der Waals surface area contributed by atoms with Crippen LogP contribution in [0.2, 0.25) is 0 Å². The van der Waals surface area contributed by atoms with Crippen molar-refractivity contribution in [3.05, 3.63) is 40.8 Å². The van der Waals surface area contributed by atoms with E-state index in [9.17, 15) is 19.5 Å². The molecule has 1 aliphatic heterocycles. The van der Waals surface area contributed by atoms with Gasteiger partial charge in [-0.15, -0.1) is 0 Å². The lowest BCUT2D eigenvalue weighted by molar-refractivity contribution is -0.149. The maximum Gasteiger partial charge on any atom is 0.336 e. The Morgan fingerprint density at radius 3 is 2.88 bits per heavy atom. The summed E-state index contributed by atoms with van der Waals surface area (Å²) in [6, 6.07) is 8.02. The Balaban J connectivity index is 1.43. The third-order valence-corrected chi connectivity index (χ3v) is 5.61. The first kappa shape index (κ1) is 16.6. The van der Waals surface area contributed by atoms with Crippen LogP contribution in [0.4, 0.5) is 0 Å². The monoisotopic (exact) mass is 357 g/mol. The lowest BCUT2D eigenvalue weighted by atomic mass is 9.81. The van der Waals surface area contributed by atoms with E-state index < -0.39 is 17.0 Å². The van der Waals surface area contributed by atoms with Gasteiger partial charge in [0.2, 0.25) is 0 Å². The Bertz CT molecular complexity index is 935. The number of aliphatic carboxylic acids is 1. The van der Waals surface area contributed by atoms with Crippen LogP contribution < -0.4 is 10.4 Å². The van der Waals surface area contributed by atoms with Crippen molar-refractivity contribution in [2.24, 2.45) is 11.3 Å². The van der Waals surface area contributed by atoms with Crippen molar-refractivity contribution in [2.75, 3.05) is 19.7 Å². The summed E-state index contributed by atoms with van der Waals surface area (Å²) in [5.74, 6) is -0.582. The quantitative estimate of drug-likeness (QED) is 0.839. The minimum atomic E-state index is -0.805. The molecule has 0 spiro atoms. The highest BCUT2D eigenvalue weighted by molar-refractivity contribution is 5.82. The van der Waals surface area contributed by atoms with E-state index >= 15 is 0 Å². The predicted molar refractivity (Wildman–Crippen MR) is 92.0 cm³/mol. The minimum Gasteiger partial charge on any atom is -0.484 e. The van der Waals surface area contributed by atoms with E-state index in [1.165, 1.54) is 6.07 Å². The summed E-state index contributed by atoms with van der Waals surface area (Å²) in [7, 11) is 0. The number of likely N-dealkylation sites (tertiary alicyclic amines) is 1. The Hall–Kier alpha value is -2.83. The molecule has 1 saturated carbocycles. The number of fused-ring (bicyclic) bond motifs is 2. The maximum atomic E-state index is 12.5. The van der Waals surface area contributed by atoms with Crippen LogP contribution in [0.1, 0.15) is 19.3 Å². The van der Waals surface area contributed by atoms with Crippen molar-refractivity contribution in [1.29, 1.82) is 0 Å². The van der Waals surface area contributed by atoms with E-state index in [1.54, 1.807) is 29.2 Å². The van der Waals surface area contributed by atoms with E-state index in [2.05, 4.69) is 0 Å². The Labute approximate surface area is 149 Å². The summed E-state index contributed by atoms with van der Waals surface area (Å²) >= 11 is 0. The number of carboxylic acid groups (broad SMARTS) is 1. The zero-order chi connectivity index (χ0) is 18.3. The summed E-state index contributed by atoms with van der Waals surface area (Å²) in [5, 5.41) is 10.4. The van der Waals surface area contributed by atoms with Gasteiger partial charge in [0.15, 0.2) is 6.61 Å². The molecule has 26 heavy (non-hydrogen) atoms. The minimum absolute atomic E-state index is 0.0268. The van der Waals surface area contributed by atoms with E-state index in [-0.39, 0.29) is 25.0 Å². The van der Waals surface area contributed by atoms with Gasteiger partial charge in [-0.05, 0) is 37.0 Å². The second kappa shape index (κ2) is 6.16. The van der Waals surface area contributed by atoms with Gasteiger partial charge in [-0.1, -0.05) is 6.42 Å². The molecule has 136 valence electrons. The van der Waals surface area contributed by atoms with E-state index in [0.29, 0.717) is 24.3 Å². The van der Waals surface area contributed by atoms with Gasteiger partial charge in [-0.25, -0.2) is 4.79 Å². The smallest absolute Gasteiger partial charge is 0.336 e. The standard InChI is InChI=1S/C19H19NO6/c21-16(20-9-13-2-1-7-19(13,11-20)18(23)24)10-25-14-5-3-12-4-6-17(22)26-15(12)8-14/h3-6,8,13H,1-2,7,9-11H2,(H,23,24)/t13-,19+/m0/s1. The predicted octanol–water partition coefficient (Wildman–Crippen LogP) is 1.89. The zero-order valence-electron chi connectivity index (χ0n) is 14.1. The summed E-state index contributed by atoms with van der Waals surface area (Å²) in [6.07, 6.45) is 2.37. The van der Waals surface area contributed by atoms with Crippen molar-refractivity contribution in [3.63, 3.8) is 0 Å². The highest BCUT2D eigenvalue weighted by atomic mass is 16.5. The molecule has 1 N–H and O–H groups in total. The van der Waals surface area contributed by atoms with Gasteiger partial charge in [-0.3, -0.25) is 9.59 Å². The van der Waals surface area contributed by atoms with Crippen LogP contribution in [0.5, 0.6) is 5.75 Å². The molecular weight excluding hydrogens is 338 g/mol. The van der Waals surface area contributed by atoms with Gasteiger partial charge in [0, 0.05) is 30.6 Å². The van der Waals surface area contributed by atoms with E-state index in [4.69, 9.17) is 9.15 Å². The number of rotatable bonds is 4. The largest absolute Gasteiger partial charge is 0.484 e. The summed E-state index contributed by atoms with van der Waals surface area (Å²) in [5.41, 5.74) is -0.849. The van der Waals surface area contributed by atoms with Crippen LogP contribution in [0, 0.1) is 11.3 Å². The van der Waals surface area contributed by atoms with Crippen molar-refractivity contribution in [2.45, 2.75) is 19.3 Å². The molecule has 7 nitrogen and oxygen atoms in total. The average Bonchev–Trinajstić information content (AvgIpc) is 3.17. The van der Waals surface area contributed by atoms with Crippen LogP contribution >= 0.6 is 0 Å². The Morgan fingerprint density at radius 1 is 1.31 bits per heavy atom. The molecule has 1 aliphatic carbocycles. The third-order valence-electron chi connectivity index (χ3n) is 5.61. The van der Waals surface area contributed by atoms with Crippen LogP contribution in [0.15, 0.2) is 39.5 Å². The number of carboxylic acids is 1.